The normalized spacial score (nSPS) is 16.9. The summed E-state index contributed by atoms with van der Waals surface area (Å²) in [5, 5.41) is 9.30. The molecule has 9 heteroatoms. The van der Waals surface area contributed by atoms with Crippen LogP contribution in [0.25, 0.3) is 0 Å². The van der Waals surface area contributed by atoms with Crippen LogP contribution in [-0.4, -0.2) is 50.1 Å². The molecule has 20 heavy (non-hydrogen) atoms. The van der Waals surface area contributed by atoms with Gasteiger partial charge in [-0.3, -0.25) is 4.72 Å². The molecule has 0 bridgehead atoms. The summed E-state index contributed by atoms with van der Waals surface area (Å²) >= 11 is 5.77. The molecule has 0 aliphatic carbocycles. The molecule has 0 aromatic heterocycles. The third-order valence-electron chi connectivity index (χ3n) is 2.76. The number of hydrogen-bond donors (Lipinski definition) is 2. The van der Waals surface area contributed by atoms with E-state index in [1.807, 2.05) is 0 Å². The molecule has 0 saturated carbocycles. The summed E-state index contributed by atoms with van der Waals surface area (Å²) in [6.45, 7) is 1.06. The molecule has 0 atom stereocenters. The number of carbonyl (C=O) groups is 1. The van der Waals surface area contributed by atoms with Crippen LogP contribution in [0.1, 0.15) is 10.4 Å². The predicted octanol–water partition coefficient (Wildman–Crippen LogP) is 1.03. The molecule has 1 aliphatic heterocycles. The largest absolute Gasteiger partial charge is 0.478 e. The Kier molecular flexibility index (Phi) is 4.48. The second-order valence-electron chi connectivity index (χ2n) is 4.11. The van der Waals surface area contributed by atoms with E-state index in [4.69, 9.17) is 21.4 Å². The second kappa shape index (κ2) is 5.96. The smallest absolute Gasteiger partial charge is 0.337 e. The van der Waals surface area contributed by atoms with Crippen molar-refractivity contribution in [2.24, 2.45) is 0 Å². The monoisotopic (exact) mass is 320 g/mol. The maximum absolute atomic E-state index is 12.2. The number of nitrogens with one attached hydrogen (secondary N) is 1. The number of morpholine rings is 1. The van der Waals surface area contributed by atoms with Crippen molar-refractivity contribution in [1.29, 1.82) is 0 Å². The molecular weight excluding hydrogens is 308 g/mol. The molecule has 1 saturated heterocycles. The van der Waals surface area contributed by atoms with Gasteiger partial charge in [0.1, 0.15) is 0 Å². The van der Waals surface area contributed by atoms with E-state index in [0.717, 1.165) is 0 Å². The van der Waals surface area contributed by atoms with Gasteiger partial charge in [0, 0.05) is 18.1 Å². The summed E-state index contributed by atoms with van der Waals surface area (Å²) in [5.41, 5.74) is -0.220. The lowest BCUT2D eigenvalue weighted by molar-refractivity contribution is 0.0697. The van der Waals surface area contributed by atoms with Crippen molar-refractivity contribution in [1.82, 2.24) is 4.31 Å². The SMILES string of the molecule is O=C(O)c1ccc(Cl)cc1NS(=O)(=O)N1CCOCC1. The van der Waals surface area contributed by atoms with Crippen molar-refractivity contribution in [3.8, 4) is 0 Å². The van der Waals surface area contributed by atoms with Crippen molar-refractivity contribution in [2.45, 2.75) is 0 Å². The number of ether oxygens (including phenoxy) is 1. The van der Waals surface area contributed by atoms with Gasteiger partial charge in [-0.1, -0.05) is 11.6 Å². The highest BCUT2D eigenvalue weighted by Crippen LogP contribution is 2.23. The number of aromatic carboxylic acids is 1. The average Bonchev–Trinajstić information content (AvgIpc) is 2.39. The lowest BCUT2D eigenvalue weighted by Crippen LogP contribution is -2.43. The third kappa shape index (κ3) is 3.40. The summed E-state index contributed by atoms with van der Waals surface area (Å²) in [7, 11) is -3.83. The molecule has 1 fully saturated rings. The van der Waals surface area contributed by atoms with Gasteiger partial charge in [0.05, 0.1) is 24.5 Å². The number of hydrogen-bond acceptors (Lipinski definition) is 4. The Balaban J connectivity index is 2.28. The average molecular weight is 321 g/mol. The summed E-state index contributed by atoms with van der Waals surface area (Å²) in [6, 6.07) is 3.91. The lowest BCUT2D eigenvalue weighted by atomic mass is 10.2. The van der Waals surface area contributed by atoms with E-state index >= 15 is 0 Å². The second-order valence-corrected chi connectivity index (χ2v) is 6.22. The van der Waals surface area contributed by atoms with Crippen LogP contribution in [0.4, 0.5) is 5.69 Å². The number of anilines is 1. The number of halogens is 1. The minimum Gasteiger partial charge on any atom is -0.478 e. The number of carboxylic acids is 1. The standard InChI is InChI=1S/C11H13ClN2O5S/c12-8-1-2-9(11(15)16)10(7-8)13-20(17,18)14-3-5-19-6-4-14/h1-2,7,13H,3-6H2,(H,15,16). The van der Waals surface area contributed by atoms with Gasteiger partial charge in [-0.15, -0.1) is 0 Å². The zero-order valence-electron chi connectivity index (χ0n) is 10.4. The zero-order valence-corrected chi connectivity index (χ0v) is 11.9. The predicted molar refractivity (Wildman–Crippen MR) is 73.3 cm³/mol. The fraction of sp³-hybridized carbons (Fsp3) is 0.364. The van der Waals surface area contributed by atoms with Crippen molar-refractivity contribution < 1.29 is 23.1 Å². The molecule has 7 nitrogen and oxygen atoms in total. The molecule has 110 valence electrons. The molecule has 0 unspecified atom stereocenters. The van der Waals surface area contributed by atoms with Gasteiger partial charge in [0.15, 0.2) is 0 Å². The van der Waals surface area contributed by atoms with Crippen LogP contribution in [-0.2, 0) is 14.9 Å². The Bertz CT molecular complexity index is 613. The first-order valence-corrected chi connectivity index (χ1v) is 7.60. The van der Waals surface area contributed by atoms with Gasteiger partial charge in [0.2, 0.25) is 0 Å². The highest BCUT2D eigenvalue weighted by molar-refractivity contribution is 7.90. The van der Waals surface area contributed by atoms with E-state index in [2.05, 4.69) is 4.72 Å². The van der Waals surface area contributed by atoms with Gasteiger partial charge >= 0.3 is 16.2 Å². The molecule has 0 amide bonds. The van der Waals surface area contributed by atoms with E-state index in [-0.39, 0.29) is 29.4 Å². The van der Waals surface area contributed by atoms with E-state index in [9.17, 15) is 13.2 Å². The zero-order chi connectivity index (χ0) is 14.8. The fourth-order valence-corrected chi connectivity index (χ4v) is 3.16. The molecule has 1 aromatic carbocycles. The Labute approximate surface area is 121 Å². The first-order valence-electron chi connectivity index (χ1n) is 5.78. The molecule has 0 radical (unpaired) electrons. The molecule has 2 N–H and O–H groups in total. The summed E-state index contributed by atoms with van der Waals surface area (Å²) in [4.78, 5) is 11.1. The third-order valence-corrected chi connectivity index (χ3v) is 4.52. The Morgan fingerprint density at radius 1 is 1.35 bits per heavy atom. The van der Waals surface area contributed by atoms with Gasteiger partial charge in [-0.25, -0.2) is 4.79 Å². The van der Waals surface area contributed by atoms with Crippen molar-refractivity contribution in [2.75, 3.05) is 31.0 Å². The van der Waals surface area contributed by atoms with Crippen LogP contribution >= 0.6 is 11.6 Å². The highest BCUT2D eigenvalue weighted by Gasteiger charge is 2.25. The lowest BCUT2D eigenvalue weighted by Gasteiger charge is -2.26. The van der Waals surface area contributed by atoms with Gasteiger partial charge in [0.25, 0.3) is 0 Å². The quantitative estimate of drug-likeness (QED) is 0.863. The van der Waals surface area contributed by atoms with Crippen LogP contribution in [0.3, 0.4) is 0 Å². The molecule has 1 heterocycles. The van der Waals surface area contributed by atoms with Crippen molar-refractivity contribution in [3.63, 3.8) is 0 Å². The minimum atomic E-state index is -3.83. The molecule has 1 aliphatic rings. The molecule has 2 rings (SSSR count). The fourth-order valence-electron chi connectivity index (χ4n) is 1.78. The maximum atomic E-state index is 12.2. The Hall–Kier alpha value is -1.35. The molecular formula is C11H13ClN2O5S. The Morgan fingerprint density at radius 2 is 2.00 bits per heavy atom. The van der Waals surface area contributed by atoms with Crippen LogP contribution < -0.4 is 4.72 Å². The van der Waals surface area contributed by atoms with E-state index in [0.29, 0.717) is 13.2 Å². The van der Waals surface area contributed by atoms with E-state index in [1.54, 1.807) is 0 Å². The van der Waals surface area contributed by atoms with Gasteiger partial charge < -0.3 is 9.84 Å². The van der Waals surface area contributed by atoms with Crippen molar-refractivity contribution >= 4 is 33.5 Å². The van der Waals surface area contributed by atoms with E-state index in [1.165, 1.54) is 22.5 Å². The number of nitrogens with zero attached hydrogens (tertiary/aromatic N) is 1. The van der Waals surface area contributed by atoms with Crippen LogP contribution in [0, 0.1) is 0 Å². The van der Waals surface area contributed by atoms with Crippen LogP contribution in [0.5, 0.6) is 0 Å². The molecule has 1 aromatic rings. The Morgan fingerprint density at radius 3 is 2.60 bits per heavy atom. The minimum absolute atomic E-state index is 0.0588. The van der Waals surface area contributed by atoms with Gasteiger partial charge in [-0.05, 0) is 18.2 Å². The first-order chi connectivity index (χ1) is 9.40. The van der Waals surface area contributed by atoms with E-state index < -0.39 is 16.2 Å². The highest BCUT2D eigenvalue weighted by atomic mass is 35.5. The number of benzene rings is 1. The topological polar surface area (TPSA) is 95.9 Å². The summed E-state index contributed by atoms with van der Waals surface area (Å²) in [5.74, 6) is -1.23. The summed E-state index contributed by atoms with van der Waals surface area (Å²) in [6.07, 6.45) is 0. The maximum Gasteiger partial charge on any atom is 0.337 e. The van der Waals surface area contributed by atoms with Gasteiger partial charge in [-0.2, -0.15) is 12.7 Å². The van der Waals surface area contributed by atoms with Crippen LogP contribution in [0.2, 0.25) is 5.02 Å². The number of rotatable bonds is 4. The first kappa shape index (κ1) is 15.0. The van der Waals surface area contributed by atoms with Crippen LogP contribution in [0.15, 0.2) is 18.2 Å². The number of carboxylic acid groups (broad SMARTS) is 1. The summed E-state index contributed by atoms with van der Waals surface area (Å²) < 4.78 is 32.9. The van der Waals surface area contributed by atoms with Crippen molar-refractivity contribution in [3.05, 3.63) is 28.8 Å². The molecule has 0 spiro atoms.